The van der Waals surface area contributed by atoms with Crippen LogP contribution in [0.1, 0.15) is 24.5 Å². The quantitative estimate of drug-likeness (QED) is 0.746. The summed E-state index contributed by atoms with van der Waals surface area (Å²) in [5.41, 5.74) is 2.21. The predicted octanol–water partition coefficient (Wildman–Crippen LogP) is 3.94. The molecule has 2 rings (SSSR count). The van der Waals surface area contributed by atoms with Crippen LogP contribution in [0.5, 0.6) is 5.75 Å². The first-order valence-electron chi connectivity index (χ1n) is 8.00. The Bertz CT molecular complexity index is 761. The molecule has 132 valence electrons. The number of nitrogens with one attached hydrogen (secondary N) is 1. The summed E-state index contributed by atoms with van der Waals surface area (Å²) in [5, 5.41) is 12.1. The van der Waals surface area contributed by atoms with Gasteiger partial charge in [0.2, 0.25) is 5.91 Å². The molecule has 0 fully saturated rings. The van der Waals surface area contributed by atoms with E-state index in [0.29, 0.717) is 35.1 Å². The molecule has 25 heavy (non-hydrogen) atoms. The zero-order valence-electron chi connectivity index (χ0n) is 13.9. The molecule has 0 heterocycles. The fourth-order valence-corrected chi connectivity index (χ4v) is 2.68. The van der Waals surface area contributed by atoms with Gasteiger partial charge in [0.1, 0.15) is 5.75 Å². The number of carbonyl (C=O) groups is 2. The highest BCUT2D eigenvalue weighted by atomic mass is 35.5. The highest BCUT2D eigenvalue weighted by Gasteiger charge is 2.12. The predicted molar refractivity (Wildman–Crippen MR) is 97.4 cm³/mol. The fraction of sp³-hybridized carbons (Fsp3) is 0.263. The van der Waals surface area contributed by atoms with Crippen LogP contribution in [0.4, 0.5) is 5.69 Å². The van der Waals surface area contributed by atoms with Gasteiger partial charge in [-0.25, -0.2) is 0 Å². The van der Waals surface area contributed by atoms with Gasteiger partial charge in [0.05, 0.1) is 18.1 Å². The number of anilines is 1. The van der Waals surface area contributed by atoms with Crippen molar-refractivity contribution in [3.05, 3.63) is 58.6 Å². The van der Waals surface area contributed by atoms with Crippen LogP contribution in [0.15, 0.2) is 42.5 Å². The maximum absolute atomic E-state index is 12.3. The third kappa shape index (κ3) is 5.80. The largest absolute Gasteiger partial charge is 0.492 e. The molecule has 2 aromatic carbocycles. The van der Waals surface area contributed by atoms with E-state index in [4.69, 9.17) is 21.4 Å². The molecular formula is C19H20ClNO4. The van der Waals surface area contributed by atoms with Gasteiger partial charge in [-0.05, 0) is 37.1 Å². The summed E-state index contributed by atoms with van der Waals surface area (Å²) in [4.78, 5) is 23.0. The van der Waals surface area contributed by atoms with Gasteiger partial charge in [0.25, 0.3) is 0 Å². The highest BCUT2D eigenvalue weighted by Crippen LogP contribution is 2.29. The van der Waals surface area contributed by atoms with E-state index in [2.05, 4.69) is 5.32 Å². The van der Waals surface area contributed by atoms with E-state index in [-0.39, 0.29) is 18.7 Å². The van der Waals surface area contributed by atoms with Gasteiger partial charge in [-0.2, -0.15) is 0 Å². The van der Waals surface area contributed by atoms with Crippen LogP contribution >= 0.6 is 11.6 Å². The molecule has 0 aliphatic rings. The second-order valence-corrected chi connectivity index (χ2v) is 5.89. The van der Waals surface area contributed by atoms with Gasteiger partial charge in [-0.1, -0.05) is 35.9 Å². The lowest BCUT2D eigenvalue weighted by Gasteiger charge is -2.12. The summed E-state index contributed by atoms with van der Waals surface area (Å²) in [5.74, 6) is -0.519. The first-order chi connectivity index (χ1) is 12.0. The minimum atomic E-state index is -0.848. The maximum Gasteiger partial charge on any atom is 0.303 e. The Kier molecular flexibility index (Phi) is 6.83. The van der Waals surface area contributed by atoms with Crippen molar-refractivity contribution in [1.82, 2.24) is 0 Å². The van der Waals surface area contributed by atoms with E-state index in [1.165, 1.54) is 0 Å². The number of benzene rings is 2. The van der Waals surface area contributed by atoms with E-state index in [1.807, 2.05) is 13.0 Å². The molecule has 0 aliphatic carbocycles. The molecule has 0 bridgehead atoms. The molecule has 0 atom stereocenters. The monoisotopic (exact) mass is 361 g/mol. The van der Waals surface area contributed by atoms with Crippen LogP contribution in [0.25, 0.3) is 0 Å². The van der Waals surface area contributed by atoms with E-state index in [1.54, 1.807) is 36.4 Å². The maximum atomic E-state index is 12.3. The molecule has 2 aromatic rings. The number of amides is 1. The standard InChI is InChI=1S/C19H20ClNO4/c1-2-25-19-14(6-4-8-16(19)20)12-17(22)21-15-7-3-5-13(11-15)9-10-18(23)24/h3-8,11H,2,9-10,12H2,1H3,(H,21,22)(H,23,24). The Morgan fingerprint density at radius 3 is 2.68 bits per heavy atom. The number of carbonyl (C=O) groups excluding carboxylic acids is 1. The zero-order valence-corrected chi connectivity index (χ0v) is 14.7. The summed E-state index contributed by atoms with van der Waals surface area (Å²) < 4.78 is 5.52. The van der Waals surface area contributed by atoms with E-state index in [0.717, 1.165) is 5.56 Å². The van der Waals surface area contributed by atoms with Crippen LogP contribution in [-0.2, 0) is 22.4 Å². The molecule has 0 aromatic heterocycles. The molecule has 0 aliphatic heterocycles. The molecule has 5 nitrogen and oxygen atoms in total. The summed E-state index contributed by atoms with van der Waals surface area (Å²) in [6.45, 7) is 2.32. The molecule has 0 spiro atoms. The Labute approximate surface area is 151 Å². The number of aryl methyl sites for hydroxylation is 1. The van der Waals surface area contributed by atoms with Crippen molar-refractivity contribution in [3.63, 3.8) is 0 Å². The van der Waals surface area contributed by atoms with Gasteiger partial charge in [-0.3, -0.25) is 9.59 Å². The molecule has 1 amide bonds. The lowest BCUT2D eigenvalue weighted by atomic mass is 10.1. The second-order valence-electron chi connectivity index (χ2n) is 5.48. The first kappa shape index (κ1) is 18.8. The van der Waals surface area contributed by atoms with Crippen molar-refractivity contribution in [2.45, 2.75) is 26.2 Å². The van der Waals surface area contributed by atoms with Crippen molar-refractivity contribution < 1.29 is 19.4 Å². The topological polar surface area (TPSA) is 75.6 Å². The summed E-state index contributed by atoms with van der Waals surface area (Å²) in [7, 11) is 0. The molecule has 0 saturated heterocycles. The Morgan fingerprint density at radius 2 is 1.96 bits per heavy atom. The van der Waals surface area contributed by atoms with E-state index >= 15 is 0 Å². The SMILES string of the molecule is CCOc1c(Cl)cccc1CC(=O)Nc1cccc(CCC(=O)O)c1. The number of hydrogen-bond acceptors (Lipinski definition) is 3. The van der Waals surface area contributed by atoms with Crippen LogP contribution in [0.2, 0.25) is 5.02 Å². The van der Waals surface area contributed by atoms with Gasteiger partial charge in [0.15, 0.2) is 0 Å². The lowest BCUT2D eigenvalue weighted by Crippen LogP contribution is -2.15. The summed E-state index contributed by atoms with van der Waals surface area (Å²) >= 11 is 6.13. The normalized spacial score (nSPS) is 10.3. The minimum Gasteiger partial charge on any atom is -0.492 e. The van der Waals surface area contributed by atoms with Crippen molar-refractivity contribution >= 4 is 29.2 Å². The highest BCUT2D eigenvalue weighted by molar-refractivity contribution is 6.32. The van der Waals surface area contributed by atoms with Crippen molar-refractivity contribution in [3.8, 4) is 5.75 Å². The molecule has 6 heteroatoms. The minimum absolute atomic E-state index is 0.0532. The Hall–Kier alpha value is -2.53. The average Bonchev–Trinajstić information content (AvgIpc) is 2.56. The van der Waals surface area contributed by atoms with Crippen LogP contribution in [-0.4, -0.2) is 23.6 Å². The number of halogens is 1. The van der Waals surface area contributed by atoms with Gasteiger partial charge < -0.3 is 15.2 Å². The van der Waals surface area contributed by atoms with Crippen molar-refractivity contribution in [2.75, 3.05) is 11.9 Å². The number of carboxylic acid groups (broad SMARTS) is 1. The molecule has 2 N–H and O–H groups in total. The number of ether oxygens (including phenoxy) is 1. The number of para-hydroxylation sites is 1. The Balaban J connectivity index is 2.04. The van der Waals surface area contributed by atoms with Gasteiger partial charge in [0, 0.05) is 17.7 Å². The van der Waals surface area contributed by atoms with Crippen LogP contribution < -0.4 is 10.1 Å². The van der Waals surface area contributed by atoms with Crippen LogP contribution in [0, 0.1) is 0 Å². The molecule has 0 saturated carbocycles. The van der Waals surface area contributed by atoms with Gasteiger partial charge in [-0.15, -0.1) is 0 Å². The Morgan fingerprint density at radius 1 is 1.20 bits per heavy atom. The van der Waals surface area contributed by atoms with Crippen molar-refractivity contribution in [2.24, 2.45) is 0 Å². The number of aliphatic carboxylic acids is 1. The third-order valence-corrected chi connectivity index (χ3v) is 3.82. The fourth-order valence-electron chi connectivity index (χ4n) is 2.43. The van der Waals surface area contributed by atoms with Crippen LogP contribution in [0.3, 0.4) is 0 Å². The molecule has 0 unspecified atom stereocenters. The third-order valence-electron chi connectivity index (χ3n) is 3.53. The molecule has 0 radical (unpaired) electrons. The van der Waals surface area contributed by atoms with E-state index < -0.39 is 5.97 Å². The number of carboxylic acids is 1. The molecular weight excluding hydrogens is 342 g/mol. The number of hydrogen-bond donors (Lipinski definition) is 2. The smallest absolute Gasteiger partial charge is 0.303 e. The first-order valence-corrected chi connectivity index (χ1v) is 8.38. The summed E-state index contributed by atoms with van der Waals surface area (Å²) in [6, 6.07) is 12.5. The average molecular weight is 362 g/mol. The van der Waals surface area contributed by atoms with Crippen molar-refractivity contribution in [1.29, 1.82) is 0 Å². The van der Waals surface area contributed by atoms with Gasteiger partial charge >= 0.3 is 5.97 Å². The number of rotatable bonds is 8. The lowest BCUT2D eigenvalue weighted by molar-refractivity contribution is -0.137. The zero-order chi connectivity index (χ0) is 18.2. The second kappa shape index (κ2) is 9.08. The summed E-state index contributed by atoms with van der Waals surface area (Å²) in [6.07, 6.45) is 0.606. The van der Waals surface area contributed by atoms with E-state index in [9.17, 15) is 9.59 Å².